The quantitative estimate of drug-likeness (QED) is 0.537. The first-order valence-corrected chi connectivity index (χ1v) is 8.51. The lowest BCUT2D eigenvalue weighted by atomic mass is 10.3. The predicted molar refractivity (Wildman–Crippen MR) is 91.8 cm³/mol. The summed E-state index contributed by atoms with van der Waals surface area (Å²) in [6.07, 6.45) is -2.98. The van der Waals surface area contributed by atoms with E-state index in [4.69, 9.17) is 9.15 Å². The molecule has 3 aromatic rings. The van der Waals surface area contributed by atoms with E-state index < -0.39 is 30.1 Å². The number of nitrogens with one attached hydrogen (secondary N) is 1. The summed E-state index contributed by atoms with van der Waals surface area (Å²) in [5.74, 6) is -0.569. The van der Waals surface area contributed by atoms with Crippen LogP contribution >= 0.6 is 0 Å². The largest absolute Gasteiger partial charge is 0.454 e. The molecule has 0 saturated carbocycles. The number of ether oxygens (including phenoxy) is 1. The van der Waals surface area contributed by atoms with Crippen molar-refractivity contribution in [3.63, 3.8) is 0 Å². The van der Waals surface area contributed by atoms with Gasteiger partial charge in [0.1, 0.15) is 23.9 Å². The van der Waals surface area contributed by atoms with E-state index in [1.807, 2.05) is 6.92 Å². The number of nitrogens with zero attached hydrogens (tertiary/aromatic N) is 4. The van der Waals surface area contributed by atoms with Crippen LogP contribution in [0.2, 0.25) is 0 Å². The van der Waals surface area contributed by atoms with Gasteiger partial charge in [-0.05, 0) is 25.1 Å². The SMILES string of the molecule is CCOCn1cc(NC(=O)c2ccc(Cn3nc(C(F)F)cc3C(F)F)o2)cn1. The summed E-state index contributed by atoms with van der Waals surface area (Å²) in [7, 11) is 0. The van der Waals surface area contributed by atoms with Crippen LogP contribution in [0.4, 0.5) is 23.2 Å². The van der Waals surface area contributed by atoms with Gasteiger partial charge in [0.15, 0.2) is 5.76 Å². The van der Waals surface area contributed by atoms with Gasteiger partial charge in [-0.1, -0.05) is 0 Å². The second-order valence-electron chi connectivity index (χ2n) is 5.86. The summed E-state index contributed by atoms with van der Waals surface area (Å²) in [6.45, 7) is 2.25. The number of anilines is 1. The molecule has 1 N–H and O–H groups in total. The number of furan rings is 1. The maximum atomic E-state index is 13.0. The second-order valence-corrected chi connectivity index (χ2v) is 5.86. The van der Waals surface area contributed by atoms with E-state index in [0.717, 1.165) is 4.68 Å². The summed E-state index contributed by atoms with van der Waals surface area (Å²) in [4.78, 5) is 12.3. The minimum absolute atomic E-state index is 0.0857. The number of rotatable bonds is 9. The third-order valence-corrected chi connectivity index (χ3v) is 3.79. The molecular formula is C17H17F4N5O3. The topological polar surface area (TPSA) is 87.1 Å². The molecular weight excluding hydrogens is 398 g/mol. The Morgan fingerprint density at radius 2 is 2.07 bits per heavy atom. The maximum Gasteiger partial charge on any atom is 0.291 e. The van der Waals surface area contributed by atoms with E-state index in [-0.39, 0.29) is 24.8 Å². The molecule has 0 aliphatic rings. The zero-order valence-corrected chi connectivity index (χ0v) is 15.2. The third kappa shape index (κ3) is 5.02. The molecule has 3 rings (SSSR count). The molecule has 0 radical (unpaired) electrons. The van der Waals surface area contributed by atoms with E-state index in [2.05, 4.69) is 15.5 Å². The van der Waals surface area contributed by atoms with Gasteiger partial charge < -0.3 is 14.5 Å². The Morgan fingerprint density at radius 1 is 1.28 bits per heavy atom. The Kier molecular flexibility index (Phi) is 6.32. The van der Waals surface area contributed by atoms with Gasteiger partial charge in [0, 0.05) is 6.61 Å². The van der Waals surface area contributed by atoms with Crippen LogP contribution in [0.5, 0.6) is 0 Å². The van der Waals surface area contributed by atoms with Crippen LogP contribution in [0.1, 0.15) is 47.5 Å². The highest BCUT2D eigenvalue weighted by Gasteiger charge is 2.22. The van der Waals surface area contributed by atoms with Crippen molar-refractivity contribution < 1.29 is 31.5 Å². The number of halogens is 4. The molecule has 0 aliphatic carbocycles. The molecule has 156 valence electrons. The Bertz CT molecular complexity index is 966. The number of carbonyl (C=O) groups is 1. The van der Waals surface area contributed by atoms with Crippen LogP contribution in [0.25, 0.3) is 0 Å². The molecule has 0 saturated heterocycles. The third-order valence-electron chi connectivity index (χ3n) is 3.79. The lowest BCUT2D eigenvalue weighted by Gasteiger charge is -2.04. The fraction of sp³-hybridized carbons (Fsp3) is 0.353. The van der Waals surface area contributed by atoms with E-state index in [1.165, 1.54) is 23.0 Å². The van der Waals surface area contributed by atoms with Crippen LogP contribution in [0.3, 0.4) is 0 Å². The summed E-state index contributed by atoms with van der Waals surface area (Å²) in [5, 5.41) is 10.1. The molecule has 3 heterocycles. The normalized spacial score (nSPS) is 11.6. The van der Waals surface area contributed by atoms with Crippen molar-refractivity contribution in [1.29, 1.82) is 0 Å². The van der Waals surface area contributed by atoms with Crippen molar-refractivity contribution in [3.05, 3.63) is 53.5 Å². The van der Waals surface area contributed by atoms with E-state index in [9.17, 15) is 22.4 Å². The average Bonchev–Trinajstić information content (AvgIpc) is 3.40. The highest BCUT2D eigenvalue weighted by atomic mass is 19.3. The van der Waals surface area contributed by atoms with Crippen LogP contribution in [-0.2, 0) is 18.0 Å². The molecule has 0 spiro atoms. The van der Waals surface area contributed by atoms with Gasteiger partial charge in [0.25, 0.3) is 18.8 Å². The van der Waals surface area contributed by atoms with Gasteiger partial charge in [-0.25, -0.2) is 22.2 Å². The number of amides is 1. The Balaban J connectivity index is 1.67. The summed E-state index contributed by atoms with van der Waals surface area (Å²) in [6, 6.07) is 3.37. The summed E-state index contributed by atoms with van der Waals surface area (Å²) < 4.78 is 64.3. The van der Waals surface area contributed by atoms with Crippen molar-refractivity contribution in [3.8, 4) is 0 Å². The molecule has 0 unspecified atom stereocenters. The van der Waals surface area contributed by atoms with Gasteiger partial charge in [-0.15, -0.1) is 0 Å². The molecule has 1 amide bonds. The summed E-state index contributed by atoms with van der Waals surface area (Å²) in [5.41, 5.74) is -1.01. The molecule has 8 nitrogen and oxygen atoms in total. The van der Waals surface area contributed by atoms with Crippen LogP contribution in [0.15, 0.2) is 35.0 Å². The van der Waals surface area contributed by atoms with Crippen molar-refractivity contribution >= 4 is 11.6 Å². The smallest absolute Gasteiger partial charge is 0.291 e. The minimum Gasteiger partial charge on any atom is -0.454 e. The van der Waals surface area contributed by atoms with Crippen molar-refractivity contribution in [2.75, 3.05) is 11.9 Å². The van der Waals surface area contributed by atoms with Gasteiger partial charge in [0.2, 0.25) is 0 Å². The van der Waals surface area contributed by atoms with Crippen molar-refractivity contribution in [2.45, 2.75) is 33.1 Å². The zero-order valence-electron chi connectivity index (χ0n) is 15.2. The molecule has 0 aromatic carbocycles. The van der Waals surface area contributed by atoms with Crippen molar-refractivity contribution in [1.82, 2.24) is 19.6 Å². The Morgan fingerprint density at radius 3 is 2.76 bits per heavy atom. The molecule has 29 heavy (non-hydrogen) atoms. The standard InChI is InChI=1S/C17H17F4N5O3/c1-2-28-9-25-7-10(6-22-25)23-17(27)14-4-3-11(29-14)8-26-13(16(20)21)5-12(24-26)15(18)19/h3-7,15-16H,2,8-9H2,1H3,(H,23,27). The Hall–Kier alpha value is -3.15. The molecule has 0 bridgehead atoms. The maximum absolute atomic E-state index is 13.0. The van der Waals surface area contributed by atoms with Gasteiger partial charge in [-0.3, -0.25) is 9.48 Å². The van der Waals surface area contributed by atoms with Gasteiger partial charge >= 0.3 is 0 Å². The molecule has 3 aromatic heterocycles. The van der Waals surface area contributed by atoms with E-state index >= 15 is 0 Å². The highest BCUT2D eigenvalue weighted by molar-refractivity contribution is 6.02. The lowest BCUT2D eigenvalue weighted by Crippen LogP contribution is -2.10. The molecule has 12 heteroatoms. The number of hydrogen-bond acceptors (Lipinski definition) is 5. The molecule has 0 atom stereocenters. The second kappa shape index (κ2) is 8.90. The fourth-order valence-corrected chi connectivity index (χ4v) is 2.47. The Labute approximate surface area is 162 Å². The van der Waals surface area contributed by atoms with E-state index in [0.29, 0.717) is 18.4 Å². The number of aromatic nitrogens is 4. The number of hydrogen-bond donors (Lipinski definition) is 1. The number of carbonyl (C=O) groups excluding carboxylic acids is 1. The lowest BCUT2D eigenvalue weighted by molar-refractivity contribution is 0.0792. The highest BCUT2D eigenvalue weighted by Crippen LogP contribution is 2.26. The van der Waals surface area contributed by atoms with Gasteiger partial charge in [0.05, 0.1) is 24.6 Å². The first-order valence-electron chi connectivity index (χ1n) is 8.51. The first kappa shape index (κ1) is 20.6. The monoisotopic (exact) mass is 415 g/mol. The fourth-order valence-electron chi connectivity index (χ4n) is 2.47. The van der Waals surface area contributed by atoms with Crippen LogP contribution < -0.4 is 5.32 Å². The van der Waals surface area contributed by atoms with Crippen LogP contribution in [0, 0.1) is 0 Å². The van der Waals surface area contributed by atoms with E-state index in [1.54, 1.807) is 6.20 Å². The van der Waals surface area contributed by atoms with Crippen LogP contribution in [-0.4, -0.2) is 32.1 Å². The number of alkyl halides is 4. The average molecular weight is 415 g/mol. The molecule has 0 aliphatic heterocycles. The zero-order chi connectivity index (χ0) is 21.0. The summed E-state index contributed by atoms with van der Waals surface area (Å²) >= 11 is 0. The van der Waals surface area contributed by atoms with Crippen molar-refractivity contribution in [2.24, 2.45) is 0 Å². The van der Waals surface area contributed by atoms with Gasteiger partial charge in [-0.2, -0.15) is 10.2 Å². The predicted octanol–water partition coefficient (Wildman–Crippen LogP) is 3.84. The first-order chi connectivity index (χ1) is 13.9. The minimum atomic E-state index is -2.99. The molecule has 0 fully saturated rings.